The first-order valence-corrected chi connectivity index (χ1v) is 4.39. The van der Waals surface area contributed by atoms with Crippen molar-refractivity contribution >= 4 is 40.0 Å². The molecule has 0 fully saturated rings. The van der Waals surface area contributed by atoms with Gasteiger partial charge < -0.3 is 4.42 Å². The number of aromatic nitrogens is 1. The highest BCUT2D eigenvalue weighted by molar-refractivity contribution is 14.1. The van der Waals surface area contributed by atoms with E-state index in [0.717, 1.165) is 9.09 Å². The molecule has 0 atom stereocenters. The fourth-order valence-corrected chi connectivity index (χ4v) is 1.43. The van der Waals surface area contributed by atoms with Crippen molar-refractivity contribution in [1.29, 1.82) is 0 Å². The van der Waals surface area contributed by atoms with E-state index in [9.17, 15) is 4.79 Å². The summed E-state index contributed by atoms with van der Waals surface area (Å²) in [6.45, 7) is 0. The van der Waals surface area contributed by atoms with Crippen LogP contribution in [0.4, 0.5) is 0 Å². The first kappa shape index (κ1) is 7.72. The maximum Gasteiger partial charge on any atom is 0.260 e. The molecule has 0 amide bonds. The van der Waals surface area contributed by atoms with Gasteiger partial charge in [-0.2, -0.15) is 0 Å². The molecule has 0 unspecified atom stereocenters. The number of hydrogen-bond donors (Lipinski definition) is 0. The third-order valence-electron chi connectivity index (χ3n) is 1.47. The number of carbonyl (C=O) groups excluding carboxylic acids is 1. The highest BCUT2D eigenvalue weighted by atomic mass is 127. The normalized spacial score (nSPS) is 10.4. The Labute approximate surface area is 81.9 Å². The van der Waals surface area contributed by atoms with Crippen LogP contribution < -0.4 is 0 Å². The lowest BCUT2D eigenvalue weighted by Crippen LogP contribution is -1.74. The molecule has 0 aliphatic rings. The van der Waals surface area contributed by atoms with Crippen molar-refractivity contribution < 1.29 is 9.21 Å². The summed E-state index contributed by atoms with van der Waals surface area (Å²) in [6, 6.07) is 5.59. The Bertz CT molecular complexity index is 436. The van der Waals surface area contributed by atoms with Crippen LogP contribution in [0.25, 0.3) is 11.1 Å². The van der Waals surface area contributed by atoms with E-state index < -0.39 is 0 Å². The van der Waals surface area contributed by atoms with Crippen LogP contribution in [-0.4, -0.2) is 11.3 Å². The van der Waals surface area contributed by atoms with Gasteiger partial charge >= 0.3 is 0 Å². The number of aldehydes is 1. The second-order valence-electron chi connectivity index (χ2n) is 2.28. The SMILES string of the molecule is O=Cc1nc2ccc(I)cc2o1. The van der Waals surface area contributed by atoms with E-state index in [-0.39, 0.29) is 5.89 Å². The molecule has 0 saturated carbocycles. The molecule has 2 aromatic rings. The summed E-state index contributed by atoms with van der Waals surface area (Å²) >= 11 is 2.17. The molecule has 0 bridgehead atoms. The molecule has 1 heterocycles. The fourth-order valence-electron chi connectivity index (χ4n) is 0.967. The number of nitrogens with zero attached hydrogens (tertiary/aromatic N) is 1. The van der Waals surface area contributed by atoms with E-state index in [1.54, 1.807) is 0 Å². The predicted molar refractivity (Wildman–Crippen MR) is 52.1 cm³/mol. The average Bonchev–Trinajstić information content (AvgIpc) is 2.46. The number of halogens is 1. The van der Waals surface area contributed by atoms with Crippen LogP contribution in [0.15, 0.2) is 22.6 Å². The van der Waals surface area contributed by atoms with E-state index in [2.05, 4.69) is 27.6 Å². The number of rotatable bonds is 1. The van der Waals surface area contributed by atoms with Gasteiger partial charge in [-0.05, 0) is 40.8 Å². The summed E-state index contributed by atoms with van der Waals surface area (Å²) in [5.41, 5.74) is 1.38. The molecule has 0 aliphatic carbocycles. The largest absolute Gasteiger partial charge is 0.434 e. The summed E-state index contributed by atoms with van der Waals surface area (Å²) in [6.07, 6.45) is 0.604. The van der Waals surface area contributed by atoms with Gasteiger partial charge in [-0.3, -0.25) is 4.79 Å². The summed E-state index contributed by atoms with van der Waals surface area (Å²) in [5, 5.41) is 0. The highest BCUT2D eigenvalue weighted by Gasteiger charge is 2.03. The van der Waals surface area contributed by atoms with E-state index >= 15 is 0 Å². The van der Waals surface area contributed by atoms with Crippen LogP contribution in [0.1, 0.15) is 10.7 Å². The first-order valence-electron chi connectivity index (χ1n) is 3.31. The Morgan fingerprint density at radius 2 is 2.33 bits per heavy atom. The number of benzene rings is 1. The topological polar surface area (TPSA) is 43.1 Å². The number of fused-ring (bicyclic) bond motifs is 1. The van der Waals surface area contributed by atoms with Gasteiger partial charge in [0.15, 0.2) is 5.58 Å². The Morgan fingerprint density at radius 3 is 3.08 bits per heavy atom. The maximum atomic E-state index is 10.3. The Kier molecular flexibility index (Phi) is 1.84. The minimum atomic E-state index is 0.131. The highest BCUT2D eigenvalue weighted by Crippen LogP contribution is 2.17. The van der Waals surface area contributed by atoms with Gasteiger partial charge in [0.2, 0.25) is 6.29 Å². The molecule has 0 saturated heterocycles. The molecule has 0 aliphatic heterocycles. The van der Waals surface area contributed by atoms with Crippen molar-refractivity contribution in [3.05, 3.63) is 27.7 Å². The van der Waals surface area contributed by atoms with Crippen LogP contribution in [0.2, 0.25) is 0 Å². The van der Waals surface area contributed by atoms with E-state index in [1.807, 2.05) is 18.2 Å². The van der Waals surface area contributed by atoms with Crippen LogP contribution in [0, 0.1) is 3.57 Å². The molecule has 12 heavy (non-hydrogen) atoms. The molecule has 4 heteroatoms. The maximum absolute atomic E-state index is 10.3. The van der Waals surface area contributed by atoms with Gasteiger partial charge in [0.05, 0.1) is 0 Å². The third kappa shape index (κ3) is 1.22. The minimum absolute atomic E-state index is 0.131. The van der Waals surface area contributed by atoms with Gasteiger partial charge in [-0.25, -0.2) is 4.98 Å². The Hall–Kier alpha value is -0.910. The molecule has 3 nitrogen and oxygen atoms in total. The first-order chi connectivity index (χ1) is 5.79. The fraction of sp³-hybridized carbons (Fsp3) is 0. The van der Waals surface area contributed by atoms with Crippen LogP contribution in [0.3, 0.4) is 0 Å². The van der Waals surface area contributed by atoms with Crippen molar-refractivity contribution in [2.45, 2.75) is 0 Å². The zero-order valence-corrected chi connectivity index (χ0v) is 8.11. The molecular formula is C8H4INO2. The second-order valence-corrected chi connectivity index (χ2v) is 3.53. The summed E-state index contributed by atoms with van der Waals surface area (Å²) in [5.74, 6) is 0.131. The van der Waals surface area contributed by atoms with Gasteiger partial charge in [-0.1, -0.05) is 0 Å². The molecule has 1 aromatic carbocycles. The van der Waals surface area contributed by atoms with E-state index in [0.29, 0.717) is 11.9 Å². The standard InChI is InChI=1S/C8H4INO2/c9-5-1-2-6-7(3-5)12-8(4-11)10-6/h1-4H. The number of hydrogen-bond acceptors (Lipinski definition) is 3. The minimum Gasteiger partial charge on any atom is -0.434 e. The Morgan fingerprint density at radius 1 is 1.50 bits per heavy atom. The monoisotopic (exact) mass is 273 g/mol. The van der Waals surface area contributed by atoms with Gasteiger partial charge in [0, 0.05) is 3.57 Å². The lowest BCUT2D eigenvalue weighted by atomic mass is 10.3. The molecule has 1 aromatic heterocycles. The number of carbonyl (C=O) groups is 1. The lowest BCUT2D eigenvalue weighted by molar-refractivity contribution is 0.109. The molecule has 2 rings (SSSR count). The summed E-state index contributed by atoms with van der Waals surface area (Å²) in [7, 11) is 0. The zero-order valence-electron chi connectivity index (χ0n) is 5.95. The lowest BCUT2D eigenvalue weighted by Gasteiger charge is -1.86. The molecule has 60 valence electrons. The molecular weight excluding hydrogens is 269 g/mol. The smallest absolute Gasteiger partial charge is 0.260 e. The van der Waals surface area contributed by atoms with Gasteiger partial charge in [-0.15, -0.1) is 0 Å². The molecule has 0 radical (unpaired) electrons. The van der Waals surface area contributed by atoms with Crippen molar-refractivity contribution in [3.63, 3.8) is 0 Å². The van der Waals surface area contributed by atoms with E-state index in [4.69, 9.17) is 4.42 Å². The number of oxazole rings is 1. The summed E-state index contributed by atoms with van der Waals surface area (Å²) in [4.78, 5) is 14.2. The van der Waals surface area contributed by atoms with Crippen LogP contribution in [0.5, 0.6) is 0 Å². The average molecular weight is 273 g/mol. The zero-order chi connectivity index (χ0) is 8.55. The van der Waals surface area contributed by atoms with Crippen molar-refractivity contribution in [1.82, 2.24) is 4.98 Å². The third-order valence-corrected chi connectivity index (χ3v) is 2.14. The predicted octanol–water partition coefficient (Wildman–Crippen LogP) is 2.24. The van der Waals surface area contributed by atoms with E-state index in [1.165, 1.54) is 0 Å². The van der Waals surface area contributed by atoms with Crippen molar-refractivity contribution in [2.75, 3.05) is 0 Å². The van der Waals surface area contributed by atoms with Crippen LogP contribution >= 0.6 is 22.6 Å². The summed E-state index contributed by atoms with van der Waals surface area (Å²) < 4.78 is 6.18. The molecule has 0 spiro atoms. The van der Waals surface area contributed by atoms with Crippen molar-refractivity contribution in [2.24, 2.45) is 0 Å². The van der Waals surface area contributed by atoms with Crippen LogP contribution in [-0.2, 0) is 0 Å². The Balaban J connectivity index is 2.75. The second kappa shape index (κ2) is 2.85. The van der Waals surface area contributed by atoms with Gasteiger partial charge in [0.1, 0.15) is 5.52 Å². The van der Waals surface area contributed by atoms with Crippen molar-refractivity contribution in [3.8, 4) is 0 Å². The van der Waals surface area contributed by atoms with Gasteiger partial charge in [0.25, 0.3) is 5.89 Å². The molecule has 0 N–H and O–H groups in total. The quantitative estimate of drug-likeness (QED) is 0.591.